The molecule has 1 aliphatic rings. The van der Waals surface area contributed by atoms with Crippen LogP contribution in [0.5, 0.6) is 0 Å². The number of hydrogen-bond donors (Lipinski definition) is 3. The molecule has 8 heteroatoms. The first-order valence-electron chi connectivity index (χ1n) is 6.89. The number of nitrogens with two attached hydrogens (primary N) is 1. The van der Waals surface area contributed by atoms with E-state index in [2.05, 4.69) is 10.6 Å². The Hall–Kier alpha value is -1.25. The summed E-state index contributed by atoms with van der Waals surface area (Å²) in [7, 11) is 1.55. The average Bonchev–Trinajstić information content (AvgIpc) is 2.47. The van der Waals surface area contributed by atoms with E-state index in [1.807, 2.05) is 0 Å². The second-order valence-electron chi connectivity index (χ2n) is 5.04. The fraction of sp³-hybridized carbons (Fsp3) is 0.769. The fourth-order valence-electron chi connectivity index (χ4n) is 2.13. The number of carbonyl (C=O) groups is 2. The molecule has 1 fully saturated rings. The van der Waals surface area contributed by atoms with Crippen LogP contribution in [-0.4, -0.2) is 56.3 Å². The molecule has 2 amide bonds. The Morgan fingerprint density at radius 3 is 2.57 bits per heavy atom. The summed E-state index contributed by atoms with van der Waals surface area (Å²) in [6.45, 7) is 3.29. The third-order valence-electron chi connectivity index (χ3n) is 3.60. The van der Waals surface area contributed by atoms with Crippen molar-refractivity contribution in [3.8, 4) is 0 Å². The van der Waals surface area contributed by atoms with Gasteiger partial charge in [-0.15, -0.1) is 0 Å². The Bertz CT molecular complexity index is 397. The van der Waals surface area contributed by atoms with Crippen LogP contribution in [0.1, 0.15) is 19.8 Å². The number of hydrogen-bond acceptors (Lipinski definition) is 5. The number of nitrogens with one attached hydrogen (secondary N) is 2. The largest absolute Gasteiger partial charge is 0.392 e. The Balaban J connectivity index is 2.60. The van der Waals surface area contributed by atoms with Gasteiger partial charge in [-0.1, -0.05) is 12.2 Å². The standard InChI is InChI=1S/C13H23N3O4S/c1-9(10(17)15-5-8-19-2)16-12(18)13(11(14)21)3-6-20-7-4-13/h9H,3-8H2,1-2H3,(H2,14,21)(H,15,17)(H,16,18). The molecule has 7 nitrogen and oxygen atoms in total. The van der Waals surface area contributed by atoms with E-state index in [-0.39, 0.29) is 16.8 Å². The van der Waals surface area contributed by atoms with Crippen molar-refractivity contribution in [1.29, 1.82) is 0 Å². The molecule has 21 heavy (non-hydrogen) atoms. The van der Waals surface area contributed by atoms with Gasteiger partial charge in [0.05, 0.1) is 11.6 Å². The lowest BCUT2D eigenvalue weighted by molar-refractivity contribution is -0.135. The smallest absolute Gasteiger partial charge is 0.242 e. The lowest BCUT2D eigenvalue weighted by Gasteiger charge is -2.35. The van der Waals surface area contributed by atoms with E-state index in [0.29, 0.717) is 39.2 Å². The molecular formula is C13H23N3O4S. The Morgan fingerprint density at radius 2 is 2.05 bits per heavy atom. The number of carbonyl (C=O) groups excluding carboxylic acids is 2. The zero-order valence-electron chi connectivity index (χ0n) is 12.4. The van der Waals surface area contributed by atoms with Gasteiger partial charge in [-0.2, -0.15) is 0 Å². The second kappa shape index (κ2) is 8.26. The maximum atomic E-state index is 12.5. The lowest BCUT2D eigenvalue weighted by atomic mass is 9.79. The molecule has 0 aromatic rings. The normalized spacial score (nSPS) is 18.6. The first kappa shape index (κ1) is 17.8. The van der Waals surface area contributed by atoms with Gasteiger partial charge in [-0.25, -0.2) is 0 Å². The first-order chi connectivity index (χ1) is 9.94. The molecule has 120 valence electrons. The van der Waals surface area contributed by atoms with E-state index >= 15 is 0 Å². The van der Waals surface area contributed by atoms with Gasteiger partial charge < -0.3 is 25.8 Å². The number of ether oxygens (including phenoxy) is 2. The number of methoxy groups -OCH3 is 1. The molecule has 1 rings (SSSR count). The summed E-state index contributed by atoms with van der Waals surface area (Å²) in [6, 6.07) is -0.663. The van der Waals surface area contributed by atoms with Gasteiger partial charge >= 0.3 is 0 Å². The van der Waals surface area contributed by atoms with E-state index in [1.165, 1.54) is 0 Å². The van der Waals surface area contributed by atoms with Crippen molar-refractivity contribution < 1.29 is 19.1 Å². The quantitative estimate of drug-likeness (QED) is 0.425. The van der Waals surface area contributed by atoms with Crippen molar-refractivity contribution in [2.75, 3.05) is 33.5 Å². The molecule has 1 aliphatic heterocycles. The first-order valence-corrected chi connectivity index (χ1v) is 7.30. The molecule has 4 N–H and O–H groups in total. The predicted molar refractivity (Wildman–Crippen MR) is 81.8 cm³/mol. The molecule has 0 saturated carbocycles. The highest BCUT2D eigenvalue weighted by Crippen LogP contribution is 2.31. The highest BCUT2D eigenvalue weighted by atomic mass is 32.1. The van der Waals surface area contributed by atoms with Crippen molar-refractivity contribution in [2.24, 2.45) is 11.1 Å². The summed E-state index contributed by atoms with van der Waals surface area (Å²) in [5.41, 5.74) is 4.83. The molecule has 0 radical (unpaired) electrons. The minimum Gasteiger partial charge on any atom is -0.392 e. The minimum atomic E-state index is -0.922. The molecule has 1 heterocycles. The average molecular weight is 317 g/mol. The Kier molecular flexibility index (Phi) is 7.00. The van der Waals surface area contributed by atoms with Crippen LogP contribution in [0.3, 0.4) is 0 Å². The zero-order valence-corrected chi connectivity index (χ0v) is 13.3. The second-order valence-corrected chi connectivity index (χ2v) is 5.48. The Labute approximate surface area is 129 Å². The van der Waals surface area contributed by atoms with Crippen LogP contribution >= 0.6 is 12.2 Å². The number of thiocarbonyl (C=S) groups is 1. The maximum Gasteiger partial charge on any atom is 0.242 e. The van der Waals surface area contributed by atoms with Crippen LogP contribution in [0.15, 0.2) is 0 Å². The van der Waals surface area contributed by atoms with E-state index in [4.69, 9.17) is 27.4 Å². The molecular weight excluding hydrogens is 294 g/mol. The van der Waals surface area contributed by atoms with Crippen LogP contribution in [0.2, 0.25) is 0 Å². The van der Waals surface area contributed by atoms with Crippen LogP contribution in [-0.2, 0) is 19.1 Å². The summed E-state index contributed by atoms with van der Waals surface area (Å²) in [6.07, 6.45) is 0.873. The molecule has 0 aromatic heterocycles. The van der Waals surface area contributed by atoms with E-state index in [1.54, 1.807) is 14.0 Å². The lowest BCUT2D eigenvalue weighted by Crippen LogP contribution is -2.56. The molecule has 0 bridgehead atoms. The van der Waals surface area contributed by atoms with E-state index in [9.17, 15) is 9.59 Å². The molecule has 0 spiro atoms. The maximum absolute atomic E-state index is 12.5. The van der Waals surface area contributed by atoms with Crippen molar-refractivity contribution in [3.05, 3.63) is 0 Å². The number of amides is 2. The highest BCUT2D eigenvalue weighted by Gasteiger charge is 2.43. The summed E-state index contributed by atoms with van der Waals surface area (Å²) >= 11 is 5.05. The van der Waals surface area contributed by atoms with Crippen LogP contribution in [0.4, 0.5) is 0 Å². The van der Waals surface area contributed by atoms with Gasteiger partial charge in [0.1, 0.15) is 11.5 Å². The third kappa shape index (κ3) is 4.62. The SMILES string of the molecule is COCCNC(=O)C(C)NC(=O)C1(C(N)=S)CCOCC1. The Morgan fingerprint density at radius 1 is 1.43 bits per heavy atom. The third-order valence-corrected chi connectivity index (χ3v) is 3.99. The minimum absolute atomic E-state index is 0.148. The van der Waals surface area contributed by atoms with Crippen LogP contribution in [0.25, 0.3) is 0 Å². The van der Waals surface area contributed by atoms with Gasteiger partial charge in [0.15, 0.2) is 0 Å². The van der Waals surface area contributed by atoms with Crippen LogP contribution in [0, 0.1) is 5.41 Å². The zero-order chi connectivity index (χ0) is 15.9. The summed E-state index contributed by atoms with van der Waals surface area (Å²) in [5, 5.41) is 5.35. The summed E-state index contributed by atoms with van der Waals surface area (Å²) in [4.78, 5) is 24.5. The van der Waals surface area contributed by atoms with Crippen molar-refractivity contribution in [1.82, 2.24) is 10.6 Å². The highest BCUT2D eigenvalue weighted by molar-refractivity contribution is 7.80. The molecule has 1 atom stereocenters. The van der Waals surface area contributed by atoms with Gasteiger partial charge in [0, 0.05) is 26.9 Å². The van der Waals surface area contributed by atoms with Gasteiger partial charge in [-0.3, -0.25) is 9.59 Å². The van der Waals surface area contributed by atoms with Crippen molar-refractivity contribution in [2.45, 2.75) is 25.8 Å². The topological polar surface area (TPSA) is 103 Å². The van der Waals surface area contributed by atoms with E-state index in [0.717, 1.165) is 0 Å². The molecule has 0 aliphatic carbocycles. The van der Waals surface area contributed by atoms with Gasteiger partial charge in [0.25, 0.3) is 0 Å². The van der Waals surface area contributed by atoms with Crippen LogP contribution < -0.4 is 16.4 Å². The van der Waals surface area contributed by atoms with Crippen molar-refractivity contribution in [3.63, 3.8) is 0 Å². The molecule has 0 aromatic carbocycles. The molecule has 1 unspecified atom stereocenters. The van der Waals surface area contributed by atoms with Gasteiger partial charge in [0.2, 0.25) is 11.8 Å². The monoisotopic (exact) mass is 317 g/mol. The number of rotatable bonds is 7. The molecule has 1 saturated heterocycles. The van der Waals surface area contributed by atoms with Crippen molar-refractivity contribution >= 4 is 29.0 Å². The fourth-order valence-corrected chi connectivity index (χ4v) is 2.43. The van der Waals surface area contributed by atoms with Gasteiger partial charge in [-0.05, 0) is 19.8 Å². The van der Waals surface area contributed by atoms with E-state index < -0.39 is 11.5 Å². The predicted octanol–water partition coefficient (Wildman–Crippen LogP) is -0.663. The summed E-state index contributed by atoms with van der Waals surface area (Å²) < 4.78 is 10.1. The summed E-state index contributed by atoms with van der Waals surface area (Å²) in [5.74, 6) is -0.585.